The summed E-state index contributed by atoms with van der Waals surface area (Å²) >= 11 is 11.7. The highest BCUT2D eigenvalue weighted by atomic mass is 32.1. The minimum absolute atomic E-state index is 0.146. The van der Waals surface area contributed by atoms with Gasteiger partial charge in [-0.1, -0.05) is 57.5 Å². The molecule has 1 aliphatic heterocycles. The zero-order valence-electron chi connectivity index (χ0n) is 19.4. The first-order valence-electron chi connectivity index (χ1n) is 12.0. The molecule has 0 spiro atoms. The van der Waals surface area contributed by atoms with Crippen molar-refractivity contribution in [1.29, 1.82) is 0 Å². The Morgan fingerprint density at radius 2 is 1.72 bits per heavy atom. The summed E-state index contributed by atoms with van der Waals surface area (Å²) in [7, 11) is 0. The molecule has 2 aromatic rings. The van der Waals surface area contributed by atoms with Gasteiger partial charge in [-0.15, -0.1) is 0 Å². The fourth-order valence-electron chi connectivity index (χ4n) is 6.63. The standard InChI is InChI=1S/C26H32N4S2/c1-5-24-21-14-13-20-15-18-11-9-10-12-19(18)16-22(20)23(21)17-25-26(24,6-2)27(7-3)28(8-4)30(32)29(25)31/h9-13,15-17,21,24H,5-8,14H2,1-4H3/q-2. The van der Waals surface area contributed by atoms with Crippen LogP contribution in [0.2, 0.25) is 0 Å². The first-order valence-corrected chi connectivity index (χ1v) is 12.7. The van der Waals surface area contributed by atoms with Crippen LogP contribution in [0.15, 0.2) is 48.2 Å². The molecule has 32 heavy (non-hydrogen) atoms. The van der Waals surface area contributed by atoms with Gasteiger partial charge in [-0.05, 0) is 76.6 Å². The summed E-state index contributed by atoms with van der Waals surface area (Å²) in [5.74, 6) is 0.937. The van der Waals surface area contributed by atoms with Gasteiger partial charge in [-0.25, -0.2) is 5.01 Å². The van der Waals surface area contributed by atoms with Crippen molar-refractivity contribution in [3.05, 3.63) is 58.6 Å². The quantitative estimate of drug-likeness (QED) is 0.634. The van der Waals surface area contributed by atoms with Crippen molar-refractivity contribution in [2.24, 2.45) is 11.8 Å². The van der Waals surface area contributed by atoms with E-state index in [1.165, 1.54) is 26.8 Å². The van der Waals surface area contributed by atoms with Crippen LogP contribution in [-0.2, 0) is 25.6 Å². The second-order valence-electron chi connectivity index (χ2n) is 9.04. The highest BCUT2D eigenvalue weighted by Crippen LogP contribution is 2.53. The first-order chi connectivity index (χ1) is 15.5. The molecule has 1 fully saturated rings. The molecule has 0 aromatic heterocycles. The summed E-state index contributed by atoms with van der Waals surface area (Å²) in [5, 5.41) is 9.95. The highest BCUT2D eigenvalue weighted by Gasteiger charge is 2.54. The summed E-state index contributed by atoms with van der Waals surface area (Å²) in [5.41, 5.74) is 2.45. The summed E-state index contributed by atoms with van der Waals surface area (Å²) < 4.78 is 3.50. The van der Waals surface area contributed by atoms with Gasteiger partial charge in [0.25, 0.3) is 0 Å². The van der Waals surface area contributed by atoms with Gasteiger partial charge in [0.1, 0.15) is 0 Å². The maximum absolute atomic E-state index is 5.96. The Labute approximate surface area is 202 Å². The average molecular weight is 465 g/mol. The van der Waals surface area contributed by atoms with E-state index in [2.05, 4.69) is 86.4 Å². The van der Waals surface area contributed by atoms with Crippen molar-refractivity contribution in [2.75, 3.05) is 13.1 Å². The minimum atomic E-state index is -0.146. The molecule has 1 heterocycles. The predicted molar refractivity (Wildman–Crippen MR) is 137 cm³/mol. The number of hydrazine groups is 3. The molecular weight excluding hydrogens is 432 g/mol. The van der Waals surface area contributed by atoms with Crippen LogP contribution in [0.25, 0.3) is 22.4 Å². The first kappa shape index (κ1) is 22.4. The van der Waals surface area contributed by atoms with Gasteiger partial charge in [-0.2, -0.15) is 5.12 Å². The van der Waals surface area contributed by atoms with E-state index in [-0.39, 0.29) is 5.54 Å². The van der Waals surface area contributed by atoms with Gasteiger partial charge in [0, 0.05) is 18.8 Å². The third-order valence-corrected chi connectivity index (χ3v) is 8.72. The van der Waals surface area contributed by atoms with Gasteiger partial charge in [0.2, 0.25) is 0 Å². The van der Waals surface area contributed by atoms with Crippen LogP contribution in [0.3, 0.4) is 0 Å². The molecule has 3 aliphatic rings. The maximum Gasteiger partial charge on any atom is 0.0791 e. The number of hydrogen-bond acceptors (Lipinski definition) is 6. The highest BCUT2D eigenvalue weighted by molar-refractivity contribution is 7.59. The molecular formula is C26H32N4S2-2. The molecule has 4 nitrogen and oxygen atoms in total. The fraction of sp³-hybridized carbons (Fsp3) is 0.462. The van der Waals surface area contributed by atoms with E-state index in [0.29, 0.717) is 11.8 Å². The van der Waals surface area contributed by atoms with Crippen molar-refractivity contribution in [1.82, 2.24) is 19.1 Å². The van der Waals surface area contributed by atoms with Crippen LogP contribution < -0.4 is 10.4 Å². The van der Waals surface area contributed by atoms with Crippen molar-refractivity contribution >= 4 is 48.1 Å². The lowest BCUT2D eigenvalue weighted by molar-refractivity contribution is -0.268. The second kappa shape index (κ2) is 8.41. The van der Waals surface area contributed by atoms with Crippen LogP contribution >= 0.6 is 0 Å². The number of benzene rings is 2. The molecule has 6 heteroatoms. The lowest BCUT2D eigenvalue weighted by atomic mass is 9.62. The van der Waals surface area contributed by atoms with Crippen LogP contribution in [0, 0.1) is 11.8 Å². The molecule has 2 aromatic carbocycles. The molecule has 2 aliphatic carbocycles. The second-order valence-corrected chi connectivity index (χ2v) is 9.71. The van der Waals surface area contributed by atoms with E-state index in [1.54, 1.807) is 8.94 Å². The minimum Gasteiger partial charge on any atom is -0.659 e. The molecule has 0 saturated carbocycles. The number of allylic oxidation sites excluding steroid dienone is 1. The van der Waals surface area contributed by atoms with Gasteiger partial charge in [0.05, 0.1) is 5.54 Å². The zero-order chi connectivity index (χ0) is 22.6. The van der Waals surface area contributed by atoms with Crippen LogP contribution in [0.1, 0.15) is 47.0 Å². The van der Waals surface area contributed by atoms with E-state index in [1.807, 2.05) is 0 Å². The Balaban J connectivity index is 1.83. The van der Waals surface area contributed by atoms with E-state index >= 15 is 0 Å². The monoisotopic (exact) mass is 464 g/mol. The summed E-state index contributed by atoms with van der Waals surface area (Å²) in [6.45, 7) is 10.8. The predicted octanol–water partition coefficient (Wildman–Crippen LogP) is 3.79. The van der Waals surface area contributed by atoms with Gasteiger partial charge in [0.15, 0.2) is 0 Å². The van der Waals surface area contributed by atoms with Gasteiger partial charge < -0.3 is 34.6 Å². The van der Waals surface area contributed by atoms with Gasteiger partial charge >= 0.3 is 0 Å². The topological polar surface area (TPSA) is 13.0 Å². The molecule has 0 amide bonds. The number of nitrogens with zero attached hydrogens (tertiary/aromatic N) is 4. The van der Waals surface area contributed by atoms with Crippen LogP contribution in [0.4, 0.5) is 0 Å². The van der Waals surface area contributed by atoms with E-state index in [0.717, 1.165) is 38.0 Å². The Morgan fingerprint density at radius 3 is 2.34 bits per heavy atom. The summed E-state index contributed by atoms with van der Waals surface area (Å²) in [6.07, 6.45) is 8.03. The van der Waals surface area contributed by atoms with Crippen molar-refractivity contribution in [3.8, 4) is 0 Å². The maximum atomic E-state index is 5.96. The van der Waals surface area contributed by atoms with Crippen molar-refractivity contribution in [3.63, 3.8) is 0 Å². The summed E-state index contributed by atoms with van der Waals surface area (Å²) in [4.78, 5) is 0. The van der Waals surface area contributed by atoms with E-state index in [9.17, 15) is 0 Å². The molecule has 3 unspecified atom stereocenters. The van der Waals surface area contributed by atoms with Crippen LogP contribution in [0.5, 0.6) is 0 Å². The summed E-state index contributed by atoms with van der Waals surface area (Å²) in [6, 6.07) is 13.4. The third-order valence-electron chi connectivity index (χ3n) is 7.91. The molecule has 1 saturated heterocycles. The van der Waals surface area contributed by atoms with Crippen molar-refractivity contribution in [2.45, 2.75) is 52.5 Å². The number of likely N-dealkylation sites (N-methyl/N-ethyl adjacent to an activating group) is 1. The van der Waals surface area contributed by atoms with E-state index < -0.39 is 0 Å². The Morgan fingerprint density at radius 1 is 1.00 bits per heavy atom. The molecule has 3 atom stereocenters. The SMILES string of the molecule is CCC1C2CC=c3cc4ccccc4cc3=C2C=C2N([S-])N([S-])N(CC)N(CC)C21CC. The molecule has 5 rings (SSSR count). The normalized spacial score (nSPS) is 28.8. The Hall–Kier alpha value is -1.44. The van der Waals surface area contributed by atoms with E-state index in [4.69, 9.17) is 25.6 Å². The van der Waals surface area contributed by atoms with Crippen LogP contribution in [-0.4, -0.2) is 37.7 Å². The largest absolute Gasteiger partial charge is 0.659 e. The molecule has 0 bridgehead atoms. The fourth-order valence-corrected chi connectivity index (χ4v) is 7.22. The van der Waals surface area contributed by atoms with Crippen molar-refractivity contribution < 1.29 is 0 Å². The molecule has 0 radical (unpaired) electrons. The Kier molecular flexibility index (Phi) is 5.87. The lowest BCUT2D eigenvalue weighted by Gasteiger charge is -2.72. The zero-order valence-corrected chi connectivity index (χ0v) is 21.0. The number of rotatable bonds is 4. The molecule has 170 valence electrons. The third kappa shape index (κ3) is 2.96. The Bertz CT molecular complexity index is 1190. The lowest BCUT2D eigenvalue weighted by Crippen LogP contribution is -2.74. The number of fused-ring (bicyclic) bond motifs is 4. The smallest absolute Gasteiger partial charge is 0.0791 e. The average Bonchev–Trinajstić information content (AvgIpc) is 2.83. The number of hydrogen-bond donors (Lipinski definition) is 0. The molecule has 0 N–H and O–H groups in total. The van der Waals surface area contributed by atoms with Gasteiger partial charge in [-0.3, -0.25) is 0 Å².